The number of nitrogens with zero attached hydrogens (tertiary/aromatic N) is 3. The van der Waals surface area contributed by atoms with E-state index in [1.807, 2.05) is 12.1 Å². The van der Waals surface area contributed by atoms with Crippen molar-refractivity contribution in [3.8, 4) is 22.6 Å². The van der Waals surface area contributed by atoms with Crippen molar-refractivity contribution in [2.75, 3.05) is 5.84 Å². The van der Waals surface area contributed by atoms with Crippen molar-refractivity contribution in [2.24, 2.45) is 0 Å². The van der Waals surface area contributed by atoms with Gasteiger partial charge in [0.05, 0.1) is 16.6 Å². The first-order chi connectivity index (χ1) is 14.9. The zero-order valence-electron chi connectivity index (χ0n) is 15.8. The molecule has 5 aromatic rings. The Balaban J connectivity index is 1.95. The van der Waals surface area contributed by atoms with Crippen molar-refractivity contribution in [2.45, 2.75) is 0 Å². The number of hydrogen-bond donors (Lipinski definition) is 1. The van der Waals surface area contributed by atoms with E-state index in [9.17, 15) is 4.79 Å². The first-order valence-corrected chi connectivity index (χ1v) is 10.4. The van der Waals surface area contributed by atoms with E-state index in [1.54, 1.807) is 54.6 Å². The number of benzene rings is 3. The topological polar surface area (TPSA) is 73.8 Å². The predicted octanol–water partition coefficient (Wildman–Crippen LogP) is 5.95. The molecular weight excluding hydrogens is 455 g/mol. The third kappa shape index (κ3) is 3.41. The average Bonchev–Trinajstić information content (AvgIpc) is 2.76. The van der Waals surface area contributed by atoms with E-state index < -0.39 is 5.56 Å². The maximum atomic E-state index is 13.4. The number of nitrogens with two attached hydrogens (primary N) is 1. The lowest BCUT2D eigenvalue weighted by Gasteiger charge is -2.14. The highest BCUT2D eigenvalue weighted by molar-refractivity contribution is 6.32. The zero-order chi connectivity index (χ0) is 21.7. The Morgan fingerprint density at radius 2 is 1.32 bits per heavy atom. The normalized spacial score (nSPS) is 11.3. The Labute approximate surface area is 191 Å². The van der Waals surface area contributed by atoms with Crippen LogP contribution in [0.15, 0.2) is 71.5 Å². The average molecular weight is 468 g/mol. The molecule has 5 rings (SSSR count). The Morgan fingerprint density at radius 3 is 1.97 bits per heavy atom. The number of hydrogen-bond acceptors (Lipinski definition) is 4. The van der Waals surface area contributed by atoms with Crippen LogP contribution in [0.25, 0.3) is 44.5 Å². The van der Waals surface area contributed by atoms with Gasteiger partial charge in [0.1, 0.15) is 5.52 Å². The summed E-state index contributed by atoms with van der Waals surface area (Å²) in [5.74, 6) is 6.49. The highest BCUT2D eigenvalue weighted by atomic mass is 35.5. The fourth-order valence-electron chi connectivity index (χ4n) is 3.54. The van der Waals surface area contributed by atoms with Crippen LogP contribution in [-0.2, 0) is 0 Å². The van der Waals surface area contributed by atoms with Crippen molar-refractivity contribution >= 4 is 56.6 Å². The van der Waals surface area contributed by atoms with Crippen molar-refractivity contribution in [3.05, 3.63) is 92.2 Å². The molecule has 31 heavy (non-hydrogen) atoms. The summed E-state index contributed by atoms with van der Waals surface area (Å²) >= 11 is 18.3. The summed E-state index contributed by atoms with van der Waals surface area (Å²) in [4.78, 5) is 23.0. The third-order valence-electron chi connectivity index (χ3n) is 5.02. The quantitative estimate of drug-likeness (QED) is 0.257. The first-order valence-electron chi connectivity index (χ1n) is 9.25. The van der Waals surface area contributed by atoms with Crippen LogP contribution in [0.4, 0.5) is 0 Å². The van der Waals surface area contributed by atoms with Gasteiger partial charge in [0.2, 0.25) is 0 Å². The molecule has 0 unspecified atom stereocenters. The van der Waals surface area contributed by atoms with Gasteiger partial charge < -0.3 is 5.84 Å². The van der Waals surface area contributed by atoms with Gasteiger partial charge in [0.15, 0.2) is 5.82 Å². The van der Waals surface area contributed by atoms with Gasteiger partial charge in [-0.2, -0.15) is 0 Å². The highest BCUT2D eigenvalue weighted by Crippen LogP contribution is 2.32. The van der Waals surface area contributed by atoms with Crippen molar-refractivity contribution in [3.63, 3.8) is 0 Å². The predicted molar refractivity (Wildman–Crippen MR) is 127 cm³/mol. The maximum absolute atomic E-state index is 13.4. The van der Waals surface area contributed by atoms with Gasteiger partial charge in [-0.25, -0.2) is 14.6 Å². The number of aromatic nitrogens is 3. The molecule has 0 atom stereocenters. The summed E-state index contributed by atoms with van der Waals surface area (Å²) in [7, 11) is 0. The van der Waals surface area contributed by atoms with Gasteiger partial charge >= 0.3 is 0 Å². The molecule has 0 bridgehead atoms. The van der Waals surface area contributed by atoms with Gasteiger partial charge in [-0.1, -0.05) is 46.9 Å². The second kappa shape index (κ2) is 7.54. The van der Waals surface area contributed by atoms with E-state index in [0.717, 1.165) is 10.2 Å². The SMILES string of the molecule is Nn1c(-c2ccc(Cl)cc2)nc2c(-c3ccc(Cl)cc3)nc3ccc(Cl)cc3c2c1=O. The van der Waals surface area contributed by atoms with E-state index in [0.29, 0.717) is 54.0 Å². The summed E-state index contributed by atoms with van der Waals surface area (Å²) in [5.41, 5.74) is 2.61. The molecule has 0 saturated heterocycles. The number of pyridine rings is 1. The molecule has 0 fully saturated rings. The van der Waals surface area contributed by atoms with E-state index in [1.165, 1.54) is 0 Å². The monoisotopic (exact) mass is 466 g/mol. The molecule has 0 radical (unpaired) electrons. The van der Waals surface area contributed by atoms with Crippen LogP contribution in [0.3, 0.4) is 0 Å². The standard InChI is InChI=1S/C23H13Cl3N4O/c24-14-5-1-12(2-6-14)20-21-19(17-11-16(26)9-10-18(17)28-20)23(31)30(27)22(29-21)13-3-7-15(25)8-4-13/h1-11H,27H2. The van der Waals surface area contributed by atoms with Crippen molar-refractivity contribution in [1.29, 1.82) is 0 Å². The molecule has 5 nitrogen and oxygen atoms in total. The molecule has 2 heterocycles. The minimum atomic E-state index is -0.403. The van der Waals surface area contributed by atoms with Gasteiger partial charge in [-0.3, -0.25) is 4.79 Å². The van der Waals surface area contributed by atoms with Crippen LogP contribution in [0.1, 0.15) is 0 Å². The van der Waals surface area contributed by atoms with Crippen molar-refractivity contribution in [1.82, 2.24) is 14.6 Å². The van der Waals surface area contributed by atoms with Crippen LogP contribution in [0.5, 0.6) is 0 Å². The number of halogens is 3. The Hall–Kier alpha value is -3.12. The number of rotatable bonds is 2. The van der Waals surface area contributed by atoms with Crippen molar-refractivity contribution < 1.29 is 0 Å². The Kier molecular flexibility index (Phi) is 4.82. The minimum absolute atomic E-state index is 0.299. The van der Waals surface area contributed by atoms with Crippen LogP contribution in [0, 0.1) is 0 Å². The highest BCUT2D eigenvalue weighted by Gasteiger charge is 2.19. The molecule has 0 aliphatic heterocycles. The second-order valence-electron chi connectivity index (χ2n) is 6.97. The molecule has 8 heteroatoms. The molecule has 0 amide bonds. The molecule has 2 aromatic heterocycles. The lowest BCUT2D eigenvalue weighted by Crippen LogP contribution is -2.30. The second-order valence-corrected chi connectivity index (χ2v) is 8.28. The Morgan fingerprint density at radius 1 is 0.742 bits per heavy atom. The Bertz CT molecular complexity index is 1530. The molecular formula is C23H13Cl3N4O. The summed E-state index contributed by atoms with van der Waals surface area (Å²) in [6, 6.07) is 19.3. The van der Waals surface area contributed by atoms with Crippen LogP contribution >= 0.6 is 34.8 Å². The molecule has 3 aromatic carbocycles. The third-order valence-corrected chi connectivity index (χ3v) is 5.76. The van der Waals surface area contributed by atoms with Gasteiger partial charge in [-0.15, -0.1) is 0 Å². The van der Waals surface area contributed by atoms with Gasteiger partial charge in [0, 0.05) is 31.6 Å². The van der Waals surface area contributed by atoms with Gasteiger partial charge in [0.25, 0.3) is 5.56 Å². The molecule has 0 aliphatic rings. The molecule has 0 spiro atoms. The summed E-state index contributed by atoms with van der Waals surface area (Å²) < 4.78 is 1.04. The zero-order valence-corrected chi connectivity index (χ0v) is 18.1. The minimum Gasteiger partial charge on any atom is -0.334 e. The van der Waals surface area contributed by atoms with E-state index in [2.05, 4.69) is 0 Å². The fourth-order valence-corrected chi connectivity index (χ4v) is 3.96. The maximum Gasteiger partial charge on any atom is 0.280 e. The lowest BCUT2D eigenvalue weighted by molar-refractivity contribution is 0.928. The van der Waals surface area contributed by atoms with E-state index in [4.69, 9.17) is 50.6 Å². The van der Waals surface area contributed by atoms with Gasteiger partial charge in [-0.05, 0) is 54.6 Å². The number of nitrogen functional groups attached to an aromatic ring is 1. The first kappa shape index (κ1) is 19.8. The molecule has 0 aliphatic carbocycles. The van der Waals surface area contributed by atoms with Crippen LogP contribution in [-0.4, -0.2) is 14.6 Å². The molecule has 152 valence electrons. The summed E-state index contributed by atoms with van der Waals surface area (Å²) in [6.07, 6.45) is 0. The molecule has 2 N–H and O–H groups in total. The summed E-state index contributed by atoms with van der Waals surface area (Å²) in [6.45, 7) is 0. The summed E-state index contributed by atoms with van der Waals surface area (Å²) in [5, 5.41) is 2.58. The van der Waals surface area contributed by atoms with E-state index in [-0.39, 0.29) is 0 Å². The lowest BCUT2D eigenvalue weighted by atomic mass is 10.0. The molecule has 0 saturated carbocycles. The number of fused-ring (bicyclic) bond motifs is 3. The van der Waals surface area contributed by atoms with Crippen LogP contribution < -0.4 is 11.4 Å². The largest absolute Gasteiger partial charge is 0.334 e. The van der Waals surface area contributed by atoms with E-state index >= 15 is 0 Å². The smallest absolute Gasteiger partial charge is 0.280 e. The fraction of sp³-hybridized carbons (Fsp3) is 0. The van der Waals surface area contributed by atoms with Crippen LogP contribution in [0.2, 0.25) is 15.1 Å².